The Kier molecular flexibility index (Phi) is 9.80. The van der Waals surface area contributed by atoms with Gasteiger partial charge < -0.3 is 20.9 Å². The highest BCUT2D eigenvalue weighted by Gasteiger charge is 2.53. The topological polar surface area (TPSA) is 214 Å². The Balaban J connectivity index is 1.92. The van der Waals surface area contributed by atoms with E-state index in [-0.39, 0.29) is 17.3 Å². The quantitative estimate of drug-likeness (QED) is 0.197. The standard InChI is InChI=1S/C26H30N4O10S/c1-26(14-17-8-4-2-5-9-17,28-25(36)40-16-18-10-6-3-7-11-18)24(35)30(21(31)13-12-19(27)23(33)34)20-15-29(22(20)32)41(37,38)39/h2-11,19-20H,12-16,27H2,1H3,(H,28,36)(H,33,34)(H,37,38,39)/t19-,20?,26+/m1/s1. The summed E-state index contributed by atoms with van der Waals surface area (Å²) >= 11 is 0. The van der Waals surface area contributed by atoms with Crippen molar-refractivity contribution >= 4 is 40.1 Å². The van der Waals surface area contributed by atoms with Crippen LogP contribution >= 0.6 is 0 Å². The summed E-state index contributed by atoms with van der Waals surface area (Å²) < 4.78 is 37.6. The normalized spacial score (nSPS) is 17.0. The lowest BCUT2D eigenvalue weighted by atomic mass is 9.89. The van der Waals surface area contributed by atoms with E-state index in [1.165, 1.54) is 6.92 Å². The van der Waals surface area contributed by atoms with Crippen molar-refractivity contribution in [3.05, 3.63) is 71.8 Å². The van der Waals surface area contributed by atoms with Crippen LogP contribution < -0.4 is 11.1 Å². The number of benzene rings is 2. The molecule has 3 rings (SSSR count). The predicted molar refractivity (Wildman–Crippen MR) is 142 cm³/mol. The van der Waals surface area contributed by atoms with Gasteiger partial charge in [-0.2, -0.15) is 8.42 Å². The van der Waals surface area contributed by atoms with Gasteiger partial charge in [-0.3, -0.25) is 28.6 Å². The second-order valence-corrected chi connectivity index (χ2v) is 10.9. The number of amides is 4. The Labute approximate surface area is 235 Å². The Bertz CT molecular complexity index is 1400. The third-order valence-electron chi connectivity index (χ3n) is 6.40. The van der Waals surface area contributed by atoms with E-state index in [9.17, 15) is 36.9 Å². The molecule has 14 nitrogen and oxygen atoms in total. The van der Waals surface area contributed by atoms with Crippen molar-refractivity contribution in [3.8, 4) is 0 Å². The number of ether oxygens (including phenoxy) is 1. The molecule has 4 amide bonds. The predicted octanol–water partition coefficient (Wildman–Crippen LogP) is 0.475. The van der Waals surface area contributed by atoms with Gasteiger partial charge in [-0.25, -0.2) is 9.10 Å². The molecule has 0 aromatic heterocycles. The van der Waals surface area contributed by atoms with Crippen LogP contribution in [0.25, 0.3) is 0 Å². The summed E-state index contributed by atoms with van der Waals surface area (Å²) in [4.78, 5) is 64.5. The van der Waals surface area contributed by atoms with Crippen molar-refractivity contribution in [1.82, 2.24) is 14.5 Å². The maximum absolute atomic E-state index is 14.0. The zero-order valence-electron chi connectivity index (χ0n) is 22.0. The van der Waals surface area contributed by atoms with Crippen LogP contribution in [0.1, 0.15) is 30.9 Å². The van der Waals surface area contributed by atoms with Crippen LogP contribution in [0.4, 0.5) is 4.79 Å². The molecule has 5 N–H and O–H groups in total. The van der Waals surface area contributed by atoms with Gasteiger partial charge in [0.05, 0.1) is 6.54 Å². The van der Waals surface area contributed by atoms with Gasteiger partial charge in [0.2, 0.25) is 5.91 Å². The largest absolute Gasteiger partial charge is 0.480 e. The van der Waals surface area contributed by atoms with Gasteiger partial charge in [-0.1, -0.05) is 60.7 Å². The second kappa shape index (κ2) is 12.9. The number of aliphatic carboxylic acids is 1. The fourth-order valence-electron chi connectivity index (χ4n) is 4.16. The van der Waals surface area contributed by atoms with Crippen LogP contribution in [0.5, 0.6) is 0 Å². The van der Waals surface area contributed by atoms with Gasteiger partial charge in [-0.05, 0) is 24.5 Å². The van der Waals surface area contributed by atoms with Crippen molar-refractivity contribution in [1.29, 1.82) is 0 Å². The number of β-lactam (4-membered cyclic amide) rings is 1. The van der Waals surface area contributed by atoms with Crippen molar-refractivity contribution in [2.75, 3.05) is 6.54 Å². The second-order valence-electron chi connectivity index (χ2n) is 9.60. The summed E-state index contributed by atoms with van der Waals surface area (Å²) in [5.41, 5.74) is 4.81. The zero-order chi connectivity index (χ0) is 30.4. The maximum Gasteiger partial charge on any atom is 0.408 e. The van der Waals surface area contributed by atoms with Crippen LogP contribution in [-0.2, 0) is 47.2 Å². The fraction of sp³-hybridized carbons (Fsp3) is 0.346. The molecule has 1 aliphatic heterocycles. The molecule has 41 heavy (non-hydrogen) atoms. The Morgan fingerprint density at radius 2 is 1.66 bits per heavy atom. The molecule has 0 aliphatic carbocycles. The number of carbonyl (C=O) groups is 5. The third-order valence-corrected chi connectivity index (χ3v) is 7.28. The molecule has 1 aliphatic rings. The monoisotopic (exact) mass is 590 g/mol. The average molecular weight is 591 g/mol. The minimum atomic E-state index is -4.96. The first-order valence-electron chi connectivity index (χ1n) is 12.4. The first kappa shape index (κ1) is 31.2. The number of carbonyl (C=O) groups excluding carboxylic acids is 4. The molecule has 1 heterocycles. The summed E-state index contributed by atoms with van der Waals surface area (Å²) in [5.74, 6) is -4.77. The number of alkyl carbamates (subject to hydrolysis) is 1. The molecule has 1 unspecified atom stereocenters. The molecule has 2 aromatic carbocycles. The van der Waals surface area contributed by atoms with E-state index >= 15 is 0 Å². The highest BCUT2D eigenvalue weighted by Crippen LogP contribution is 2.26. The minimum Gasteiger partial charge on any atom is -0.480 e. The summed E-state index contributed by atoms with van der Waals surface area (Å²) in [7, 11) is -4.96. The Morgan fingerprint density at radius 3 is 2.17 bits per heavy atom. The highest BCUT2D eigenvalue weighted by atomic mass is 32.2. The molecule has 1 fully saturated rings. The van der Waals surface area contributed by atoms with E-state index < -0.39 is 77.1 Å². The van der Waals surface area contributed by atoms with E-state index in [4.69, 9.17) is 15.6 Å². The van der Waals surface area contributed by atoms with E-state index in [1.807, 2.05) is 0 Å². The Hall–Kier alpha value is -4.34. The number of imide groups is 1. The molecule has 3 atom stereocenters. The van der Waals surface area contributed by atoms with Gasteiger partial charge in [0, 0.05) is 12.8 Å². The molecule has 220 valence electrons. The van der Waals surface area contributed by atoms with Crippen LogP contribution in [-0.4, -0.2) is 81.2 Å². The molecular weight excluding hydrogens is 560 g/mol. The van der Waals surface area contributed by atoms with Gasteiger partial charge in [0.15, 0.2) is 0 Å². The Morgan fingerprint density at radius 1 is 1.10 bits per heavy atom. The lowest BCUT2D eigenvalue weighted by molar-refractivity contribution is -0.163. The van der Waals surface area contributed by atoms with E-state index in [2.05, 4.69) is 5.32 Å². The molecule has 0 bridgehead atoms. The van der Waals surface area contributed by atoms with Crippen LogP contribution in [0.15, 0.2) is 60.7 Å². The molecule has 2 aromatic rings. The summed E-state index contributed by atoms with van der Waals surface area (Å²) in [5, 5.41) is 11.5. The van der Waals surface area contributed by atoms with Crippen molar-refractivity contribution in [2.24, 2.45) is 5.73 Å². The van der Waals surface area contributed by atoms with Crippen LogP contribution in [0, 0.1) is 0 Å². The number of nitrogens with zero attached hydrogens (tertiary/aromatic N) is 2. The van der Waals surface area contributed by atoms with E-state index in [1.54, 1.807) is 60.7 Å². The van der Waals surface area contributed by atoms with Gasteiger partial charge in [0.1, 0.15) is 24.2 Å². The van der Waals surface area contributed by atoms with Gasteiger partial charge >= 0.3 is 22.4 Å². The third kappa shape index (κ3) is 7.87. The fourth-order valence-corrected chi connectivity index (χ4v) is 4.84. The molecule has 15 heteroatoms. The van der Waals surface area contributed by atoms with E-state index in [0.717, 1.165) is 0 Å². The van der Waals surface area contributed by atoms with Crippen molar-refractivity contribution < 1.29 is 46.8 Å². The SMILES string of the molecule is C[C@@](Cc1ccccc1)(NC(=O)OCc1ccccc1)C(=O)N(C(=O)CC[C@@H](N)C(=O)O)C1CN(S(=O)(=O)O)C1=O. The summed E-state index contributed by atoms with van der Waals surface area (Å²) in [6.45, 7) is 0.432. The maximum atomic E-state index is 14.0. The first-order valence-corrected chi connectivity index (χ1v) is 13.8. The molecular formula is C26H30N4O10S. The number of carboxylic acid groups (broad SMARTS) is 1. The van der Waals surface area contributed by atoms with Crippen LogP contribution in [0.3, 0.4) is 0 Å². The number of rotatable bonds is 12. The minimum absolute atomic E-state index is 0.0737. The number of nitrogens with one attached hydrogen (secondary N) is 1. The number of hydrogen-bond donors (Lipinski definition) is 4. The first-order chi connectivity index (χ1) is 19.2. The van der Waals surface area contributed by atoms with Gasteiger partial charge in [0.25, 0.3) is 11.8 Å². The molecule has 1 saturated heterocycles. The van der Waals surface area contributed by atoms with Crippen molar-refractivity contribution in [2.45, 2.75) is 50.4 Å². The molecule has 0 spiro atoms. The zero-order valence-corrected chi connectivity index (χ0v) is 22.8. The highest BCUT2D eigenvalue weighted by molar-refractivity contribution is 7.84. The van der Waals surface area contributed by atoms with Gasteiger partial charge in [-0.15, -0.1) is 0 Å². The number of carboxylic acids is 1. The van der Waals surface area contributed by atoms with Crippen molar-refractivity contribution in [3.63, 3.8) is 0 Å². The van der Waals surface area contributed by atoms with Crippen LogP contribution in [0.2, 0.25) is 0 Å². The number of nitrogens with two attached hydrogens (primary N) is 1. The smallest absolute Gasteiger partial charge is 0.408 e. The lowest BCUT2D eigenvalue weighted by Crippen LogP contribution is -2.71. The molecule has 0 radical (unpaired) electrons. The number of hydrogen-bond acceptors (Lipinski definition) is 9. The lowest BCUT2D eigenvalue weighted by Gasteiger charge is -2.43. The summed E-state index contributed by atoms with van der Waals surface area (Å²) in [6, 6.07) is 14.0. The van der Waals surface area contributed by atoms with E-state index in [0.29, 0.717) is 16.0 Å². The summed E-state index contributed by atoms with van der Waals surface area (Å²) in [6.07, 6.45) is -2.17. The molecule has 0 saturated carbocycles. The average Bonchev–Trinajstić information content (AvgIpc) is 2.92.